The molecule has 0 saturated heterocycles. The third-order valence-electron chi connectivity index (χ3n) is 3.86. The Morgan fingerprint density at radius 3 is 2.58 bits per heavy atom. The van der Waals surface area contributed by atoms with Crippen molar-refractivity contribution >= 4 is 0 Å². The fourth-order valence-corrected chi connectivity index (χ4v) is 2.68. The second-order valence-corrected chi connectivity index (χ2v) is 5.34. The van der Waals surface area contributed by atoms with E-state index in [0.29, 0.717) is 19.1 Å². The highest BCUT2D eigenvalue weighted by Crippen LogP contribution is 2.16. The summed E-state index contributed by atoms with van der Waals surface area (Å²) in [6.45, 7) is 1.13. The summed E-state index contributed by atoms with van der Waals surface area (Å²) in [4.78, 5) is 23.5. The molecule has 1 aliphatic carbocycles. The van der Waals surface area contributed by atoms with Crippen molar-refractivity contribution in [2.75, 3.05) is 6.54 Å². The van der Waals surface area contributed by atoms with Crippen LogP contribution in [0.3, 0.4) is 0 Å². The lowest BCUT2D eigenvalue weighted by atomic mass is 10.1. The Morgan fingerprint density at radius 2 is 1.89 bits per heavy atom. The van der Waals surface area contributed by atoms with Gasteiger partial charge in [0.15, 0.2) is 0 Å². The van der Waals surface area contributed by atoms with Gasteiger partial charge in [-0.2, -0.15) is 0 Å². The predicted octanol–water partition coefficient (Wildman–Crippen LogP) is 0.859. The maximum atomic E-state index is 11.8. The van der Waals surface area contributed by atoms with E-state index in [0.717, 1.165) is 0 Å². The van der Waals surface area contributed by atoms with E-state index in [1.54, 1.807) is 7.05 Å². The molecule has 0 bridgehead atoms. The smallest absolute Gasteiger partial charge is 0.312 e. The second kappa shape index (κ2) is 6.70. The van der Waals surface area contributed by atoms with E-state index in [1.165, 1.54) is 59.9 Å². The molecule has 1 aromatic heterocycles. The standard InChI is InChI=1S/C14H23N3O2/c1-16-10-8-13(18)17(14(16)19)11-9-15-12-6-4-2-3-5-7-12/h8,10,12,15H,2-7,9,11H2,1H3. The predicted molar refractivity (Wildman–Crippen MR) is 75.4 cm³/mol. The molecule has 1 aromatic rings. The average Bonchev–Trinajstić information content (AvgIpc) is 2.67. The van der Waals surface area contributed by atoms with Crippen molar-refractivity contribution < 1.29 is 0 Å². The van der Waals surface area contributed by atoms with Gasteiger partial charge in [0.05, 0.1) is 0 Å². The zero-order chi connectivity index (χ0) is 13.7. The lowest BCUT2D eigenvalue weighted by Gasteiger charge is -2.16. The van der Waals surface area contributed by atoms with Gasteiger partial charge in [-0.05, 0) is 12.8 Å². The summed E-state index contributed by atoms with van der Waals surface area (Å²) < 4.78 is 2.73. The molecule has 1 saturated carbocycles. The molecular weight excluding hydrogens is 242 g/mol. The minimum atomic E-state index is -0.241. The molecule has 106 valence electrons. The van der Waals surface area contributed by atoms with Gasteiger partial charge in [0.1, 0.15) is 0 Å². The monoisotopic (exact) mass is 265 g/mol. The molecule has 0 amide bonds. The van der Waals surface area contributed by atoms with E-state index in [9.17, 15) is 9.59 Å². The summed E-state index contributed by atoms with van der Waals surface area (Å²) in [5.41, 5.74) is -0.457. The largest absolute Gasteiger partial charge is 0.330 e. The molecule has 1 N–H and O–H groups in total. The molecule has 5 heteroatoms. The van der Waals surface area contributed by atoms with Crippen molar-refractivity contribution in [1.29, 1.82) is 0 Å². The summed E-state index contributed by atoms with van der Waals surface area (Å²) in [7, 11) is 1.66. The van der Waals surface area contributed by atoms with Crippen LogP contribution in [0.25, 0.3) is 0 Å². The van der Waals surface area contributed by atoms with Crippen LogP contribution in [0.2, 0.25) is 0 Å². The quantitative estimate of drug-likeness (QED) is 0.822. The van der Waals surface area contributed by atoms with Crippen LogP contribution in [-0.4, -0.2) is 21.7 Å². The van der Waals surface area contributed by atoms with Gasteiger partial charge in [-0.1, -0.05) is 25.7 Å². The third-order valence-corrected chi connectivity index (χ3v) is 3.86. The van der Waals surface area contributed by atoms with Crippen LogP contribution < -0.4 is 16.6 Å². The number of aryl methyl sites for hydroxylation is 1. The van der Waals surface area contributed by atoms with E-state index in [2.05, 4.69) is 5.32 Å². The summed E-state index contributed by atoms with van der Waals surface area (Å²) in [6.07, 6.45) is 9.16. The van der Waals surface area contributed by atoms with Gasteiger partial charge in [0, 0.05) is 38.4 Å². The molecule has 0 radical (unpaired) electrons. The Morgan fingerprint density at radius 1 is 1.21 bits per heavy atom. The fourth-order valence-electron chi connectivity index (χ4n) is 2.68. The molecule has 1 aliphatic rings. The molecule has 0 spiro atoms. The molecule has 0 aromatic carbocycles. The van der Waals surface area contributed by atoms with Gasteiger partial charge in [-0.25, -0.2) is 4.79 Å². The van der Waals surface area contributed by atoms with Crippen molar-refractivity contribution in [2.24, 2.45) is 7.05 Å². The van der Waals surface area contributed by atoms with Crippen molar-refractivity contribution in [2.45, 2.75) is 51.1 Å². The lowest BCUT2D eigenvalue weighted by Crippen LogP contribution is -2.41. The Kier molecular flexibility index (Phi) is 4.96. The van der Waals surface area contributed by atoms with Crippen LogP contribution in [0.5, 0.6) is 0 Å². The zero-order valence-corrected chi connectivity index (χ0v) is 11.6. The van der Waals surface area contributed by atoms with Crippen LogP contribution in [0, 0.1) is 0 Å². The Hall–Kier alpha value is -1.36. The van der Waals surface area contributed by atoms with E-state index in [1.807, 2.05) is 0 Å². The number of rotatable bonds is 4. The fraction of sp³-hybridized carbons (Fsp3) is 0.714. The number of nitrogens with one attached hydrogen (secondary N) is 1. The highest BCUT2D eigenvalue weighted by Gasteiger charge is 2.11. The van der Waals surface area contributed by atoms with Crippen LogP contribution in [-0.2, 0) is 13.6 Å². The first-order chi connectivity index (χ1) is 9.18. The third kappa shape index (κ3) is 3.80. The molecule has 2 rings (SSSR count). The minimum absolute atomic E-state index is 0.217. The molecule has 0 unspecified atom stereocenters. The van der Waals surface area contributed by atoms with Crippen LogP contribution in [0.4, 0.5) is 0 Å². The highest BCUT2D eigenvalue weighted by atomic mass is 16.2. The summed E-state index contributed by atoms with van der Waals surface area (Å²) in [6, 6.07) is 1.98. The Bertz CT molecular complexity index is 510. The molecule has 19 heavy (non-hydrogen) atoms. The van der Waals surface area contributed by atoms with Crippen LogP contribution in [0.15, 0.2) is 21.9 Å². The average molecular weight is 265 g/mol. The van der Waals surface area contributed by atoms with E-state index in [-0.39, 0.29) is 11.2 Å². The number of aromatic nitrogens is 2. The van der Waals surface area contributed by atoms with Gasteiger partial charge in [0.2, 0.25) is 0 Å². The molecule has 5 nitrogen and oxygen atoms in total. The van der Waals surface area contributed by atoms with Crippen molar-refractivity contribution in [3.05, 3.63) is 33.1 Å². The van der Waals surface area contributed by atoms with Crippen molar-refractivity contribution in [3.8, 4) is 0 Å². The Balaban J connectivity index is 1.90. The number of hydrogen-bond acceptors (Lipinski definition) is 3. The Labute approximate surface area is 113 Å². The van der Waals surface area contributed by atoms with Crippen molar-refractivity contribution in [3.63, 3.8) is 0 Å². The van der Waals surface area contributed by atoms with E-state index < -0.39 is 0 Å². The summed E-state index contributed by atoms with van der Waals surface area (Å²) in [5.74, 6) is 0. The van der Waals surface area contributed by atoms with Gasteiger partial charge in [-0.3, -0.25) is 9.36 Å². The number of nitrogens with zero attached hydrogens (tertiary/aromatic N) is 2. The summed E-state index contributed by atoms with van der Waals surface area (Å²) in [5, 5.41) is 3.48. The molecule has 0 aliphatic heterocycles. The first-order valence-corrected chi connectivity index (χ1v) is 7.18. The van der Waals surface area contributed by atoms with E-state index in [4.69, 9.17) is 0 Å². The van der Waals surface area contributed by atoms with Gasteiger partial charge in [-0.15, -0.1) is 0 Å². The van der Waals surface area contributed by atoms with Crippen molar-refractivity contribution in [1.82, 2.24) is 14.5 Å². The molecular formula is C14H23N3O2. The summed E-state index contributed by atoms with van der Waals surface area (Å²) >= 11 is 0. The molecule has 1 fully saturated rings. The zero-order valence-electron chi connectivity index (χ0n) is 11.6. The van der Waals surface area contributed by atoms with Gasteiger partial charge < -0.3 is 9.88 Å². The highest BCUT2D eigenvalue weighted by molar-refractivity contribution is 4.85. The normalized spacial score (nSPS) is 17.3. The molecule has 1 heterocycles. The van der Waals surface area contributed by atoms with Gasteiger partial charge >= 0.3 is 5.69 Å². The van der Waals surface area contributed by atoms with Crippen LogP contribution >= 0.6 is 0 Å². The maximum Gasteiger partial charge on any atom is 0.330 e. The van der Waals surface area contributed by atoms with Gasteiger partial charge in [0.25, 0.3) is 5.56 Å². The first kappa shape index (κ1) is 14.1. The minimum Gasteiger partial charge on any atom is -0.312 e. The second-order valence-electron chi connectivity index (χ2n) is 5.34. The SMILES string of the molecule is Cn1ccc(=O)n(CCNC2CCCCCC2)c1=O. The maximum absolute atomic E-state index is 11.8. The lowest BCUT2D eigenvalue weighted by molar-refractivity contribution is 0.436. The molecule has 0 atom stereocenters. The first-order valence-electron chi connectivity index (χ1n) is 7.18. The number of hydrogen-bond donors (Lipinski definition) is 1. The van der Waals surface area contributed by atoms with Crippen LogP contribution in [0.1, 0.15) is 38.5 Å². The van der Waals surface area contributed by atoms with E-state index >= 15 is 0 Å². The topological polar surface area (TPSA) is 56.0 Å².